The van der Waals surface area contributed by atoms with E-state index in [1.54, 1.807) is 29.6 Å². The molecule has 4 aromatic carbocycles. The van der Waals surface area contributed by atoms with Crippen LogP contribution in [0.25, 0.3) is 21.8 Å². The molecule has 1 aromatic heterocycles. The summed E-state index contributed by atoms with van der Waals surface area (Å²) in [6.45, 7) is 4.08. The molecule has 0 amide bonds. The minimum absolute atomic E-state index is 0.0429. The van der Waals surface area contributed by atoms with Gasteiger partial charge in [-0.3, -0.25) is 4.72 Å². The maximum atomic E-state index is 13.1. The Labute approximate surface area is 276 Å². The van der Waals surface area contributed by atoms with Crippen molar-refractivity contribution in [1.29, 1.82) is 0 Å². The highest BCUT2D eigenvalue weighted by Gasteiger charge is 2.30. The van der Waals surface area contributed by atoms with Gasteiger partial charge < -0.3 is 15.2 Å². The molecule has 47 heavy (non-hydrogen) atoms. The van der Waals surface area contributed by atoms with Crippen LogP contribution in [0, 0.1) is 0 Å². The molecule has 3 N–H and O–H groups in total. The maximum Gasteiger partial charge on any atom is 0.416 e. The number of hydrogen-bond donors (Lipinski definition) is 3. The van der Waals surface area contributed by atoms with E-state index in [2.05, 4.69) is 15.0 Å². The average molecular weight is 682 g/mol. The molecule has 3 atom stereocenters. The maximum absolute atomic E-state index is 13.1. The molecule has 0 saturated heterocycles. The summed E-state index contributed by atoms with van der Waals surface area (Å²) in [6.07, 6.45) is -4.44. The van der Waals surface area contributed by atoms with Crippen molar-refractivity contribution in [2.45, 2.75) is 49.5 Å². The second kappa shape index (κ2) is 14.7. The van der Waals surface area contributed by atoms with Crippen LogP contribution in [-0.4, -0.2) is 43.3 Å². The van der Waals surface area contributed by atoms with Crippen LogP contribution in [0.1, 0.15) is 25.0 Å². The van der Waals surface area contributed by atoms with Crippen LogP contribution in [0.5, 0.6) is 5.75 Å². The van der Waals surface area contributed by atoms with Gasteiger partial charge in [-0.15, -0.1) is 11.3 Å². The van der Waals surface area contributed by atoms with Gasteiger partial charge in [0.1, 0.15) is 23.5 Å². The minimum atomic E-state index is -4.41. The lowest BCUT2D eigenvalue weighted by atomic mass is 10.1. The molecule has 5 aromatic rings. The van der Waals surface area contributed by atoms with Gasteiger partial charge in [-0.2, -0.15) is 13.2 Å². The van der Waals surface area contributed by atoms with Crippen LogP contribution < -0.4 is 14.8 Å². The summed E-state index contributed by atoms with van der Waals surface area (Å²) in [7, 11) is -3.86. The van der Waals surface area contributed by atoms with Crippen LogP contribution >= 0.6 is 11.3 Å². The lowest BCUT2D eigenvalue weighted by Crippen LogP contribution is -2.45. The van der Waals surface area contributed by atoms with Crippen LogP contribution in [0.3, 0.4) is 0 Å². The number of aromatic nitrogens is 1. The molecular formula is C35H34F3N3O4S2. The van der Waals surface area contributed by atoms with Gasteiger partial charge in [0, 0.05) is 34.3 Å². The van der Waals surface area contributed by atoms with Crippen LogP contribution in [0.15, 0.2) is 113 Å². The molecule has 0 spiro atoms. The molecule has 0 aliphatic carbocycles. The number of sulfonamides is 1. The van der Waals surface area contributed by atoms with Gasteiger partial charge in [0.2, 0.25) is 0 Å². The van der Waals surface area contributed by atoms with Crippen molar-refractivity contribution in [2.75, 3.05) is 11.3 Å². The Hall–Kier alpha value is -4.23. The SMILES string of the molecule is C[C@@H](Cc1ccc(NS(=O)(=O)c2ccc(-c3nc(-c4ccc(C(F)(F)F)cc4)cs3)cc2)cc1)N[C@H](C)[C@H](O)COc1ccccc1. The number of hydrogen-bond acceptors (Lipinski definition) is 7. The Morgan fingerprint density at radius 3 is 2.15 bits per heavy atom. The van der Waals surface area contributed by atoms with Gasteiger partial charge in [0.15, 0.2) is 0 Å². The topological polar surface area (TPSA) is 101 Å². The highest BCUT2D eigenvalue weighted by Crippen LogP contribution is 2.33. The molecule has 0 saturated carbocycles. The van der Waals surface area contributed by atoms with Gasteiger partial charge in [-0.25, -0.2) is 13.4 Å². The first-order valence-corrected chi connectivity index (χ1v) is 17.2. The van der Waals surface area contributed by atoms with Gasteiger partial charge in [-0.05, 0) is 74.4 Å². The molecule has 0 unspecified atom stereocenters. The van der Waals surface area contributed by atoms with Crippen molar-refractivity contribution in [2.24, 2.45) is 0 Å². The number of thiazole rings is 1. The monoisotopic (exact) mass is 681 g/mol. The fourth-order valence-electron chi connectivity index (χ4n) is 4.88. The van der Waals surface area contributed by atoms with Gasteiger partial charge in [0.25, 0.3) is 10.0 Å². The number of nitrogens with one attached hydrogen (secondary N) is 2. The zero-order chi connectivity index (χ0) is 33.6. The van der Waals surface area contributed by atoms with E-state index in [1.807, 2.05) is 56.3 Å². The first kappa shape index (κ1) is 34.1. The van der Waals surface area contributed by atoms with Crippen molar-refractivity contribution < 1.29 is 31.4 Å². The number of nitrogens with zero attached hydrogens (tertiary/aromatic N) is 1. The molecule has 7 nitrogen and oxygen atoms in total. The minimum Gasteiger partial charge on any atom is -0.491 e. The number of alkyl halides is 3. The van der Waals surface area contributed by atoms with E-state index in [1.165, 1.54) is 35.6 Å². The van der Waals surface area contributed by atoms with Crippen molar-refractivity contribution in [3.05, 3.63) is 120 Å². The van der Waals surface area contributed by atoms with Crippen LogP contribution in [-0.2, 0) is 22.6 Å². The summed E-state index contributed by atoms with van der Waals surface area (Å²) >= 11 is 1.31. The predicted octanol–water partition coefficient (Wildman–Crippen LogP) is 7.65. The average Bonchev–Trinajstić information content (AvgIpc) is 3.55. The Bertz CT molecular complexity index is 1850. The molecule has 5 rings (SSSR count). The van der Waals surface area contributed by atoms with Gasteiger partial charge >= 0.3 is 6.18 Å². The van der Waals surface area contributed by atoms with E-state index in [4.69, 9.17) is 4.74 Å². The second-order valence-electron chi connectivity index (χ2n) is 11.2. The summed E-state index contributed by atoms with van der Waals surface area (Å²) in [6, 6.07) is 27.3. The smallest absolute Gasteiger partial charge is 0.416 e. The third-order valence-corrected chi connectivity index (χ3v) is 9.75. The van der Waals surface area contributed by atoms with Crippen molar-refractivity contribution in [3.8, 4) is 27.6 Å². The Morgan fingerprint density at radius 1 is 0.872 bits per heavy atom. The summed E-state index contributed by atoms with van der Waals surface area (Å²) in [4.78, 5) is 4.60. The lowest BCUT2D eigenvalue weighted by Gasteiger charge is -2.24. The van der Waals surface area contributed by atoms with Crippen molar-refractivity contribution in [3.63, 3.8) is 0 Å². The van der Waals surface area contributed by atoms with E-state index in [0.29, 0.717) is 39.7 Å². The number of anilines is 1. The molecular weight excluding hydrogens is 648 g/mol. The molecule has 246 valence electrons. The zero-order valence-corrected chi connectivity index (χ0v) is 27.2. The van der Waals surface area contributed by atoms with E-state index >= 15 is 0 Å². The lowest BCUT2D eigenvalue weighted by molar-refractivity contribution is -0.137. The Balaban J connectivity index is 1.13. The first-order valence-electron chi connectivity index (χ1n) is 14.8. The van der Waals surface area contributed by atoms with E-state index in [-0.39, 0.29) is 23.6 Å². The molecule has 12 heteroatoms. The Morgan fingerprint density at radius 2 is 1.51 bits per heavy atom. The second-order valence-corrected chi connectivity index (χ2v) is 13.7. The zero-order valence-electron chi connectivity index (χ0n) is 25.6. The summed E-state index contributed by atoms with van der Waals surface area (Å²) in [5.41, 5.74) is 2.46. The third-order valence-electron chi connectivity index (χ3n) is 7.46. The highest BCUT2D eigenvalue weighted by molar-refractivity contribution is 7.92. The number of aliphatic hydroxyl groups is 1. The summed E-state index contributed by atoms with van der Waals surface area (Å²) < 4.78 is 73.1. The molecule has 1 heterocycles. The highest BCUT2D eigenvalue weighted by atomic mass is 32.2. The number of para-hydroxylation sites is 1. The largest absolute Gasteiger partial charge is 0.491 e. The third kappa shape index (κ3) is 9.19. The fraction of sp³-hybridized carbons (Fsp3) is 0.229. The van der Waals surface area contributed by atoms with Crippen LogP contribution in [0.4, 0.5) is 18.9 Å². The van der Waals surface area contributed by atoms with Crippen molar-refractivity contribution >= 4 is 27.0 Å². The molecule has 0 radical (unpaired) electrons. The molecule has 0 bridgehead atoms. The first-order chi connectivity index (χ1) is 22.4. The number of ether oxygens (including phenoxy) is 1. The number of rotatable bonds is 13. The normalized spacial score (nSPS) is 13.9. The summed E-state index contributed by atoms with van der Waals surface area (Å²) in [5, 5.41) is 16.2. The fourth-order valence-corrected chi connectivity index (χ4v) is 6.78. The number of benzene rings is 4. The number of aliphatic hydroxyl groups excluding tert-OH is 1. The van der Waals surface area contributed by atoms with E-state index in [0.717, 1.165) is 17.7 Å². The standard InChI is InChI=1S/C35H34F3N3O4S2/c1-23(39-24(2)33(42)21-45-30-6-4-3-5-7-30)20-25-8-16-29(17-9-25)41-47(43,44)31-18-12-27(13-19-31)34-40-32(22-46-34)26-10-14-28(15-11-26)35(36,37)38/h3-19,22-24,33,39,41-42H,20-21H2,1-2H3/t23-,24+,33+/m0/s1. The molecule has 0 aliphatic rings. The summed E-state index contributed by atoms with van der Waals surface area (Å²) in [5.74, 6) is 0.700. The van der Waals surface area contributed by atoms with E-state index in [9.17, 15) is 26.7 Å². The molecule has 0 fully saturated rings. The Kier molecular flexibility index (Phi) is 10.7. The molecule has 0 aliphatic heterocycles. The van der Waals surface area contributed by atoms with Crippen molar-refractivity contribution in [1.82, 2.24) is 10.3 Å². The van der Waals surface area contributed by atoms with Gasteiger partial charge in [0.05, 0.1) is 16.2 Å². The predicted molar refractivity (Wildman–Crippen MR) is 179 cm³/mol. The number of halogens is 3. The van der Waals surface area contributed by atoms with Gasteiger partial charge in [-0.1, -0.05) is 54.6 Å². The quantitative estimate of drug-likeness (QED) is 0.118. The van der Waals surface area contributed by atoms with E-state index < -0.39 is 27.9 Å². The van der Waals surface area contributed by atoms with Crippen LogP contribution in [0.2, 0.25) is 0 Å².